The Labute approximate surface area is 195 Å². The van der Waals surface area contributed by atoms with E-state index in [9.17, 15) is 0 Å². The van der Waals surface area contributed by atoms with Crippen LogP contribution in [0.2, 0.25) is 5.02 Å². The largest absolute Gasteiger partial charge is 0.489 e. The number of pyridine rings is 1. The molecule has 162 valence electrons. The number of piperidine rings is 1. The smallest absolute Gasteiger partial charge is 0.142 e. The predicted octanol–water partition coefficient (Wildman–Crippen LogP) is 5.64. The lowest BCUT2D eigenvalue weighted by molar-refractivity contribution is 0.244. The minimum Gasteiger partial charge on any atom is -0.489 e. The third-order valence-corrected chi connectivity index (χ3v) is 6.44. The van der Waals surface area contributed by atoms with E-state index >= 15 is 0 Å². The Kier molecular flexibility index (Phi) is 6.89. The third kappa shape index (κ3) is 4.76. The Morgan fingerprint density at radius 3 is 2.42 bits per heavy atom. The highest BCUT2D eigenvalue weighted by atomic mass is 35.5. The molecule has 1 aromatic heterocycles. The second-order valence-electron chi connectivity index (χ2n) is 8.08. The molecule has 0 bridgehead atoms. The molecule has 5 rings (SSSR count). The van der Waals surface area contributed by atoms with Crippen molar-refractivity contribution in [2.75, 3.05) is 29.5 Å². The van der Waals surface area contributed by atoms with Gasteiger partial charge in [-0.25, -0.2) is 4.98 Å². The molecular weight excluding hydrogens is 429 g/mol. The second kappa shape index (κ2) is 9.80. The molecule has 6 heteroatoms. The van der Waals surface area contributed by atoms with Crippen LogP contribution in [-0.2, 0) is 6.42 Å². The number of hydrogen-bond acceptors (Lipinski definition) is 4. The molecular formula is C25H27Cl2N3O. The fraction of sp³-hybridized carbons (Fsp3) is 0.320. The molecule has 0 aliphatic carbocycles. The van der Waals surface area contributed by atoms with Crippen LogP contribution in [0.15, 0.2) is 72.9 Å². The first-order valence-corrected chi connectivity index (χ1v) is 11.1. The summed E-state index contributed by atoms with van der Waals surface area (Å²) in [5, 5.41) is 0.780. The summed E-state index contributed by atoms with van der Waals surface area (Å²) in [6.07, 6.45) is 5.05. The van der Waals surface area contributed by atoms with Crippen LogP contribution in [-0.4, -0.2) is 36.8 Å². The van der Waals surface area contributed by atoms with Gasteiger partial charge in [0.05, 0.1) is 11.7 Å². The van der Waals surface area contributed by atoms with Crippen LogP contribution in [0, 0.1) is 0 Å². The Balaban J connectivity index is 0.00000231. The summed E-state index contributed by atoms with van der Waals surface area (Å²) in [7, 11) is 0. The van der Waals surface area contributed by atoms with Gasteiger partial charge in [-0.1, -0.05) is 41.9 Å². The molecule has 4 nitrogen and oxygen atoms in total. The SMILES string of the molecule is Cl.Clc1ccc(C[C@H]2COc3ccccc3N2C2CCN(c3ccccn3)CC2)cc1. The monoisotopic (exact) mass is 455 g/mol. The number of benzene rings is 2. The Morgan fingerprint density at radius 2 is 1.68 bits per heavy atom. The fourth-order valence-corrected chi connectivity index (χ4v) is 4.84. The number of ether oxygens (including phenoxy) is 1. The van der Waals surface area contributed by atoms with Crippen LogP contribution in [0.3, 0.4) is 0 Å². The zero-order valence-electron chi connectivity index (χ0n) is 17.4. The van der Waals surface area contributed by atoms with Crippen LogP contribution in [0.25, 0.3) is 0 Å². The lowest BCUT2D eigenvalue weighted by Crippen LogP contribution is -2.53. The zero-order valence-corrected chi connectivity index (χ0v) is 18.9. The number of halogens is 2. The Hall–Kier alpha value is -2.43. The van der Waals surface area contributed by atoms with Crippen molar-refractivity contribution in [2.45, 2.75) is 31.3 Å². The molecule has 0 N–H and O–H groups in total. The van der Waals surface area contributed by atoms with Crippen LogP contribution in [0.5, 0.6) is 5.75 Å². The van der Waals surface area contributed by atoms with E-state index in [-0.39, 0.29) is 12.4 Å². The number of aromatic nitrogens is 1. The molecule has 1 atom stereocenters. The highest BCUT2D eigenvalue weighted by Gasteiger charge is 2.34. The summed E-state index contributed by atoms with van der Waals surface area (Å²) in [5.41, 5.74) is 2.52. The lowest BCUT2D eigenvalue weighted by atomic mass is 9.95. The van der Waals surface area contributed by atoms with Crippen molar-refractivity contribution >= 4 is 35.5 Å². The van der Waals surface area contributed by atoms with E-state index in [4.69, 9.17) is 16.3 Å². The van der Waals surface area contributed by atoms with Gasteiger partial charge in [0.15, 0.2) is 0 Å². The third-order valence-electron chi connectivity index (χ3n) is 6.18. The maximum absolute atomic E-state index is 6.16. The van der Waals surface area contributed by atoms with E-state index in [1.54, 1.807) is 0 Å². The average molecular weight is 456 g/mol. The maximum atomic E-state index is 6.16. The molecule has 0 amide bonds. The van der Waals surface area contributed by atoms with Crippen LogP contribution < -0.4 is 14.5 Å². The highest BCUT2D eigenvalue weighted by molar-refractivity contribution is 6.30. The van der Waals surface area contributed by atoms with Gasteiger partial charge in [-0.15, -0.1) is 12.4 Å². The van der Waals surface area contributed by atoms with E-state index in [0.29, 0.717) is 18.7 Å². The number of nitrogens with zero attached hydrogens (tertiary/aromatic N) is 3. The minimum atomic E-state index is 0. The molecule has 3 aromatic rings. The summed E-state index contributed by atoms with van der Waals surface area (Å²) in [5.74, 6) is 2.08. The molecule has 0 saturated carbocycles. The molecule has 2 aliphatic heterocycles. The standard InChI is InChI=1S/C25H26ClN3O.ClH/c26-20-10-8-19(9-11-20)17-22-18-30-24-6-2-1-5-23(24)29(22)21-12-15-28(16-13-21)25-7-3-4-14-27-25;/h1-11,14,21-22H,12-13,15-18H2;1H/t22-;/m0./s1. The van der Waals surface area contributed by atoms with E-state index in [1.807, 2.05) is 24.4 Å². The quantitative estimate of drug-likeness (QED) is 0.509. The van der Waals surface area contributed by atoms with Gasteiger partial charge >= 0.3 is 0 Å². The first kappa shape index (κ1) is 21.8. The van der Waals surface area contributed by atoms with E-state index < -0.39 is 0 Å². The molecule has 0 unspecified atom stereocenters. The van der Waals surface area contributed by atoms with E-state index in [1.165, 1.54) is 11.3 Å². The number of para-hydroxylation sites is 2. The minimum absolute atomic E-state index is 0. The first-order chi connectivity index (χ1) is 14.8. The molecule has 1 fully saturated rings. The van der Waals surface area contributed by atoms with Gasteiger partial charge in [0.1, 0.15) is 18.2 Å². The van der Waals surface area contributed by atoms with Crippen molar-refractivity contribution in [3.63, 3.8) is 0 Å². The van der Waals surface area contributed by atoms with Crippen LogP contribution >= 0.6 is 24.0 Å². The number of hydrogen-bond donors (Lipinski definition) is 0. The van der Waals surface area contributed by atoms with Crippen molar-refractivity contribution in [1.82, 2.24) is 4.98 Å². The maximum Gasteiger partial charge on any atom is 0.142 e. The van der Waals surface area contributed by atoms with E-state index in [2.05, 4.69) is 63.3 Å². The normalized spacial score (nSPS) is 18.7. The number of rotatable bonds is 4. The predicted molar refractivity (Wildman–Crippen MR) is 130 cm³/mol. The highest BCUT2D eigenvalue weighted by Crippen LogP contribution is 2.38. The van der Waals surface area contributed by atoms with Crippen LogP contribution in [0.4, 0.5) is 11.5 Å². The summed E-state index contributed by atoms with van der Waals surface area (Å²) < 4.78 is 6.16. The van der Waals surface area contributed by atoms with Gasteiger partial charge in [0.25, 0.3) is 0 Å². The molecule has 1 saturated heterocycles. The van der Waals surface area contributed by atoms with Crippen molar-refractivity contribution in [3.8, 4) is 5.75 Å². The fourth-order valence-electron chi connectivity index (χ4n) is 4.71. The lowest BCUT2D eigenvalue weighted by Gasteiger charge is -2.46. The van der Waals surface area contributed by atoms with Crippen molar-refractivity contribution in [3.05, 3.63) is 83.5 Å². The summed E-state index contributed by atoms with van der Waals surface area (Å²) in [6, 6.07) is 23.6. The van der Waals surface area contributed by atoms with Crippen molar-refractivity contribution < 1.29 is 4.74 Å². The second-order valence-corrected chi connectivity index (χ2v) is 8.51. The van der Waals surface area contributed by atoms with Gasteiger partial charge in [-0.3, -0.25) is 0 Å². The first-order valence-electron chi connectivity index (χ1n) is 10.7. The molecule has 31 heavy (non-hydrogen) atoms. The molecule has 2 aliphatic rings. The van der Waals surface area contributed by atoms with E-state index in [0.717, 1.165) is 48.9 Å². The summed E-state index contributed by atoms with van der Waals surface area (Å²) in [4.78, 5) is 9.56. The van der Waals surface area contributed by atoms with Gasteiger partial charge < -0.3 is 14.5 Å². The van der Waals surface area contributed by atoms with Gasteiger partial charge in [0.2, 0.25) is 0 Å². The summed E-state index contributed by atoms with van der Waals surface area (Å²) >= 11 is 6.09. The van der Waals surface area contributed by atoms with Crippen LogP contribution in [0.1, 0.15) is 18.4 Å². The number of anilines is 2. The molecule has 2 aromatic carbocycles. The molecule has 0 radical (unpaired) electrons. The number of fused-ring (bicyclic) bond motifs is 1. The Morgan fingerprint density at radius 1 is 0.935 bits per heavy atom. The van der Waals surface area contributed by atoms with Crippen molar-refractivity contribution in [2.24, 2.45) is 0 Å². The summed E-state index contributed by atoms with van der Waals surface area (Å²) in [6.45, 7) is 2.75. The average Bonchev–Trinajstić information content (AvgIpc) is 2.81. The zero-order chi connectivity index (χ0) is 20.3. The van der Waals surface area contributed by atoms with Crippen molar-refractivity contribution in [1.29, 1.82) is 0 Å². The Bertz CT molecular complexity index is 976. The molecule has 0 spiro atoms. The van der Waals surface area contributed by atoms with Gasteiger partial charge in [-0.2, -0.15) is 0 Å². The van der Waals surface area contributed by atoms with Gasteiger partial charge in [0, 0.05) is 30.4 Å². The van der Waals surface area contributed by atoms with Gasteiger partial charge in [-0.05, 0) is 61.2 Å². The topological polar surface area (TPSA) is 28.6 Å². The molecule has 3 heterocycles.